The van der Waals surface area contributed by atoms with Gasteiger partial charge in [-0.3, -0.25) is 9.59 Å². The minimum Gasteiger partial charge on any atom is -0.394 e. The van der Waals surface area contributed by atoms with Gasteiger partial charge in [-0.15, -0.1) is 0 Å². The molecule has 0 aliphatic carbocycles. The molecule has 0 aromatic heterocycles. The predicted octanol–water partition coefficient (Wildman–Crippen LogP) is 0.820. The molecule has 3 aliphatic heterocycles. The van der Waals surface area contributed by atoms with E-state index < -0.39 is 0 Å². The highest BCUT2D eigenvalue weighted by Crippen LogP contribution is 2.23. The Kier molecular flexibility index (Phi) is 9.84. The molecule has 0 spiro atoms. The Balaban J connectivity index is 1.31. The Bertz CT molecular complexity index is 535. The highest BCUT2D eigenvalue weighted by Gasteiger charge is 2.33. The fourth-order valence-electron chi connectivity index (χ4n) is 4.67. The summed E-state index contributed by atoms with van der Waals surface area (Å²) in [7, 11) is 0. The van der Waals surface area contributed by atoms with Gasteiger partial charge >= 0.3 is 0 Å². The zero-order valence-electron chi connectivity index (χ0n) is 18.2. The summed E-state index contributed by atoms with van der Waals surface area (Å²) in [5, 5.41) is 15.8. The number of likely N-dealkylation sites (tertiary alicyclic amines) is 1. The van der Waals surface area contributed by atoms with Crippen LogP contribution in [0.5, 0.6) is 0 Å². The number of hydrogen-bond donors (Lipinski definition) is 3. The second kappa shape index (κ2) is 12.6. The van der Waals surface area contributed by atoms with E-state index in [1.165, 1.54) is 19.3 Å². The van der Waals surface area contributed by atoms with Gasteiger partial charge in [-0.25, -0.2) is 0 Å². The van der Waals surface area contributed by atoms with Crippen LogP contribution in [0.3, 0.4) is 0 Å². The number of nitrogens with one attached hydrogen (secondary N) is 2. The quantitative estimate of drug-likeness (QED) is 0.506. The highest BCUT2D eigenvalue weighted by molar-refractivity contribution is 5.79. The summed E-state index contributed by atoms with van der Waals surface area (Å²) in [6.07, 6.45) is 7.78. The van der Waals surface area contributed by atoms with Crippen LogP contribution < -0.4 is 10.6 Å². The van der Waals surface area contributed by atoms with Gasteiger partial charge in [0.15, 0.2) is 0 Å². The van der Waals surface area contributed by atoms with Crippen LogP contribution in [0.4, 0.5) is 0 Å². The number of piperidine rings is 1. The van der Waals surface area contributed by atoms with Crippen LogP contribution in [-0.4, -0.2) is 86.1 Å². The first-order chi connectivity index (χ1) is 14.7. The smallest absolute Gasteiger partial charge is 0.223 e. The summed E-state index contributed by atoms with van der Waals surface area (Å²) in [5.41, 5.74) is 0. The van der Waals surface area contributed by atoms with E-state index in [1.807, 2.05) is 0 Å². The van der Waals surface area contributed by atoms with Gasteiger partial charge in [-0.05, 0) is 58.0 Å². The van der Waals surface area contributed by atoms with E-state index in [-0.39, 0.29) is 42.6 Å². The van der Waals surface area contributed by atoms with Gasteiger partial charge in [-0.2, -0.15) is 0 Å². The Morgan fingerprint density at radius 2 is 1.80 bits per heavy atom. The topological polar surface area (TPSA) is 100 Å². The molecule has 0 bridgehead atoms. The largest absolute Gasteiger partial charge is 0.394 e. The third-order valence-electron chi connectivity index (χ3n) is 6.61. The van der Waals surface area contributed by atoms with Crippen LogP contribution in [0, 0.1) is 5.92 Å². The van der Waals surface area contributed by atoms with E-state index in [9.17, 15) is 14.7 Å². The van der Waals surface area contributed by atoms with Crippen LogP contribution in [0.15, 0.2) is 0 Å². The molecular formula is C22H39N3O5. The standard InChI is InChI=1S/C22H39N3O5/c26-16-20-19(24-22(28)17-8-14-29-15-9-17)5-4-18(30-20)6-10-23-21(27)7-13-25-11-2-1-3-12-25/h17-20,26H,1-16H2,(H,23,27)(H,24,28)/t18-,19+,20+/m0/s1. The first kappa shape index (κ1) is 23.4. The SMILES string of the molecule is O=C(CCN1CCCCC1)NCC[C@@H]1CC[C@@H](NC(=O)C2CCOCC2)[C@@H](CO)O1. The van der Waals surface area contributed by atoms with Crippen LogP contribution in [0.25, 0.3) is 0 Å². The fraction of sp³-hybridized carbons (Fsp3) is 0.909. The number of amides is 2. The summed E-state index contributed by atoms with van der Waals surface area (Å²) in [5.74, 6) is 0.137. The van der Waals surface area contributed by atoms with Crippen LogP contribution in [-0.2, 0) is 19.1 Å². The van der Waals surface area contributed by atoms with E-state index in [4.69, 9.17) is 9.47 Å². The molecule has 0 aromatic rings. The van der Waals surface area contributed by atoms with Gasteiger partial charge in [0.25, 0.3) is 0 Å². The predicted molar refractivity (Wildman–Crippen MR) is 113 cm³/mol. The molecule has 3 saturated heterocycles. The molecule has 0 unspecified atom stereocenters. The molecule has 3 atom stereocenters. The number of ether oxygens (including phenoxy) is 2. The Morgan fingerprint density at radius 1 is 1.03 bits per heavy atom. The first-order valence-electron chi connectivity index (χ1n) is 11.8. The lowest BCUT2D eigenvalue weighted by molar-refractivity contribution is -0.135. The van der Waals surface area contributed by atoms with Crippen molar-refractivity contribution in [2.45, 2.75) is 76.0 Å². The normalized spacial score (nSPS) is 28.8. The van der Waals surface area contributed by atoms with E-state index in [0.717, 1.165) is 51.7 Å². The molecule has 3 fully saturated rings. The maximum absolute atomic E-state index is 12.5. The van der Waals surface area contributed by atoms with Crippen molar-refractivity contribution in [2.75, 3.05) is 46.0 Å². The van der Waals surface area contributed by atoms with E-state index >= 15 is 0 Å². The zero-order valence-corrected chi connectivity index (χ0v) is 18.2. The lowest BCUT2D eigenvalue weighted by atomic mass is 9.94. The lowest BCUT2D eigenvalue weighted by Gasteiger charge is -2.37. The van der Waals surface area contributed by atoms with Gasteiger partial charge in [-0.1, -0.05) is 6.42 Å². The van der Waals surface area contributed by atoms with E-state index in [2.05, 4.69) is 15.5 Å². The third kappa shape index (κ3) is 7.48. The molecule has 3 N–H and O–H groups in total. The van der Waals surface area contributed by atoms with Crippen molar-refractivity contribution in [1.29, 1.82) is 0 Å². The molecule has 8 nitrogen and oxygen atoms in total. The number of aliphatic hydroxyl groups excluding tert-OH is 1. The summed E-state index contributed by atoms with van der Waals surface area (Å²) < 4.78 is 11.3. The van der Waals surface area contributed by atoms with Crippen molar-refractivity contribution >= 4 is 11.8 Å². The van der Waals surface area contributed by atoms with Gasteiger partial charge in [0, 0.05) is 38.6 Å². The van der Waals surface area contributed by atoms with Crippen molar-refractivity contribution < 1.29 is 24.2 Å². The molecule has 172 valence electrons. The van der Waals surface area contributed by atoms with Gasteiger partial charge in [0.05, 0.1) is 18.8 Å². The molecule has 3 aliphatic rings. The summed E-state index contributed by atoms with van der Waals surface area (Å²) in [6, 6.07) is -0.152. The number of rotatable bonds is 9. The van der Waals surface area contributed by atoms with E-state index in [1.54, 1.807) is 0 Å². The molecule has 30 heavy (non-hydrogen) atoms. The average Bonchev–Trinajstić information content (AvgIpc) is 2.79. The Labute approximate surface area is 180 Å². The molecular weight excluding hydrogens is 386 g/mol. The van der Waals surface area contributed by atoms with Gasteiger partial charge < -0.3 is 30.1 Å². The molecule has 0 radical (unpaired) electrons. The maximum atomic E-state index is 12.5. The average molecular weight is 426 g/mol. The van der Waals surface area contributed by atoms with Crippen molar-refractivity contribution in [2.24, 2.45) is 5.92 Å². The number of aliphatic hydroxyl groups is 1. The molecule has 8 heteroatoms. The lowest BCUT2D eigenvalue weighted by Crippen LogP contribution is -2.52. The second-order valence-electron chi connectivity index (χ2n) is 8.85. The molecule has 0 saturated carbocycles. The molecule has 0 aromatic carbocycles. The van der Waals surface area contributed by atoms with Gasteiger partial charge in [0.1, 0.15) is 6.10 Å². The Hall–Kier alpha value is -1.22. The Morgan fingerprint density at radius 3 is 2.53 bits per heavy atom. The molecule has 3 heterocycles. The number of carbonyl (C=O) groups excluding carboxylic acids is 2. The van der Waals surface area contributed by atoms with E-state index in [0.29, 0.717) is 26.2 Å². The van der Waals surface area contributed by atoms with Crippen LogP contribution >= 0.6 is 0 Å². The van der Waals surface area contributed by atoms with Crippen LogP contribution in [0.2, 0.25) is 0 Å². The molecule has 2 amide bonds. The minimum atomic E-state index is -0.387. The second-order valence-corrected chi connectivity index (χ2v) is 8.85. The van der Waals surface area contributed by atoms with Crippen molar-refractivity contribution in [1.82, 2.24) is 15.5 Å². The number of nitrogens with zero attached hydrogens (tertiary/aromatic N) is 1. The summed E-state index contributed by atoms with van der Waals surface area (Å²) >= 11 is 0. The minimum absolute atomic E-state index is 0.000720. The maximum Gasteiger partial charge on any atom is 0.223 e. The zero-order chi connectivity index (χ0) is 21.2. The van der Waals surface area contributed by atoms with Crippen molar-refractivity contribution in [3.05, 3.63) is 0 Å². The number of hydrogen-bond acceptors (Lipinski definition) is 6. The number of carbonyl (C=O) groups is 2. The molecule has 3 rings (SSSR count). The van der Waals surface area contributed by atoms with Crippen molar-refractivity contribution in [3.8, 4) is 0 Å². The summed E-state index contributed by atoms with van der Waals surface area (Å²) in [6.45, 7) is 4.80. The monoisotopic (exact) mass is 425 g/mol. The van der Waals surface area contributed by atoms with Crippen molar-refractivity contribution in [3.63, 3.8) is 0 Å². The van der Waals surface area contributed by atoms with Crippen LogP contribution in [0.1, 0.15) is 57.8 Å². The first-order valence-corrected chi connectivity index (χ1v) is 11.8. The fourth-order valence-corrected chi connectivity index (χ4v) is 4.67. The van der Waals surface area contributed by atoms with Gasteiger partial charge in [0.2, 0.25) is 11.8 Å². The summed E-state index contributed by atoms with van der Waals surface area (Å²) in [4.78, 5) is 26.9. The highest BCUT2D eigenvalue weighted by atomic mass is 16.5. The third-order valence-corrected chi connectivity index (χ3v) is 6.61.